The third-order valence-electron chi connectivity index (χ3n) is 11.8. The molecule has 0 bridgehead atoms. The zero-order valence-electron chi connectivity index (χ0n) is 36.2. The van der Waals surface area contributed by atoms with E-state index in [0.717, 1.165) is 0 Å². The Hall–Kier alpha value is -2.82. The summed E-state index contributed by atoms with van der Waals surface area (Å²) in [5.41, 5.74) is 9.94. The van der Waals surface area contributed by atoms with E-state index in [1.165, 1.54) is 215 Å². The van der Waals surface area contributed by atoms with Gasteiger partial charge in [-0.1, -0.05) is 215 Å². The lowest BCUT2D eigenvalue weighted by Gasteiger charge is -2.25. The van der Waals surface area contributed by atoms with E-state index in [1.54, 1.807) is 11.1 Å². The average molecular weight is 805 g/mol. The summed E-state index contributed by atoms with van der Waals surface area (Å²) < 4.78 is 0. The van der Waals surface area contributed by atoms with Crippen LogP contribution in [0.5, 0.6) is 0 Å². The van der Waals surface area contributed by atoms with Gasteiger partial charge < -0.3 is 10.6 Å². The molecular formula is C53H76N2S2. The molecular weight excluding hydrogens is 729 g/mol. The maximum Gasteiger partial charge on any atom is 0.0561 e. The molecule has 0 atom stereocenters. The quantitative estimate of drug-likeness (QED) is 0.0533. The minimum Gasteiger partial charge on any atom is -0.353 e. The van der Waals surface area contributed by atoms with Gasteiger partial charge in [0.25, 0.3) is 0 Å². The summed E-state index contributed by atoms with van der Waals surface area (Å²) in [6.07, 6.45) is 35.5. The van der Waals surface area contributed by atoms with Gasteiger partial charge in [0, 0.05) is 19.6 Å². The molecule has 2 N–H and O–H groups in total. The van der Waals surface area contributed by atoms with Crippen LogP contribution in [0.15, 0.2) is 98.4 Å². The third-order valence-corrected chi connectivity index (χ3v) is 14.1. The number of nitrogens with one attached hydrogen (secondary N) is 2. The molecule has 2 aliphatic rings. The summed E-state index contributed by atoms with van der Waals surface area (Å²) in [5, 5.41) is 7.49. The van der Waals surface area contributed by atoms with Crippen molar-refractivity contribution in [1.82, 2.24) is 0 Å². The number of benzene rings is 4. The molecule has 310 valence electrons. The van der Waals surface area contributed by atoms with Crippen molar-refractivity contribution in [3.8, 4) is 0 Å². The summed E-state index contributed by atoms with van der Waals surface area (Å²) in [6, 6.07) is 28.9. The summed E-state index contributed by atoms with van der Waals surface area (Å²) in [6.45, 7) is 6.88. The molecule has 2 aliphatic heterocycles. The molecule has 4 aromatic carbocycles. The fourth-order valence-electron chi connectivity index (χ4n) is 8.40. The van der Waals surface area contributed by atoms with Crippen molar-refractivity contribution < 1.29 is 0 Å². The first-order valence-electron chi connectivity index (χ1n) is 23.6. The van der Waals surface area contributed by atoms with Crippen LogP contribution in [0.2, 0.25) is 0 Å². The van der Waals surface area contributed by atoms with E-state index < -0.39 is 0 Å². The molecule has 4 heteroatoms. The lowest BCUT2D eigenvalue weighted by atomic mass is 9.94. The summed E-state index contributed by atoms with van der Waals surface area (Å²) in [7, 11) is 0. The number of unbranched alkanes of at least 4 members (excludes halogenated alkanes) is 20. The Morgan fingerprint density at radius 2 is 0.737 bits per heavy atom. The van der Waals surface area contributed by atoms with Crippen molar-refractivity contribution in [2.45, 2.75) is 207 Å². The van der Waals surface area contributed by atoms with Crippen molar-refractivity contribution in [1.29, 1.82) is 0 Å². The molecule has 0 unspecified atom stereocenters. The van der Waals surface area contributed by atoms with E-state index in [1.807, 2.05) is 23.5 Å². The Morgan fingerprint density at radius 1 is 0.333 bits per heavy atom. The van der Waals surface area contributed by atoms with Crippen molar-refractivity contribution >= 4 is 46.3 Å². The smallest absolute Gasteiger partial charge is 0.0561 e. The van der Waals surface area contributed by atoms with Gasteiger partial charge in [0.05, 0.1) is 22.7 Å². The van der Waals surface area contributed by atoms with Crippen LogP contribution in [0.3, 0.4) is 0 Å². The molecule has 57 heavy (non-hydrogen) atoms. The van der Waals surface area contributed by atoms with Crippen LogP contribution in [0, 0.1) is 0 Å². The second-order valence-electron chi connectivity index (χ2n) is 16.6. The van der Waals surface area contributed by atoms with Gasteiger partial charge in [-0.05, 0) is 91.6 Å². The minimum absolute atomic E-state index is 1.19. The zero-order valence-corrected chi connectivity index (χ0v) is 37.8. The molecule has 0 saturated carbocycles. The van der Waals surface area contributed by atoms with Gasteiger partial charge in [0.2, 0.25) is 0 Å². The number of fused-ring (bicyclic) bond motifs is 4. The van der Waals surface area contributed by atoms with E-state index in [4.69, 9.17) is 0 Å². The van der Waals surface area contributed by atoms with E-state index in [-0.39, 0.29) is 0 Å². The van der Waals surface area contributed by atoms with Crippen LogP contribution in [0.4, 0.5) is 22.7 Å². The third kappa shape index (κ3) is 15.4. The van der Waals surface area contributed by atoms with E-state index in [9.17, 15) is 0 Å². The first kappa shape index (κ1) is 45.3. The lowest BCUT2D eigenvalue weighted by molar-refractivity contribution is 0.570. The minimum atomic E-state index is 1.19. The molecule has 0 aromatic heterocycles. The summed E-state index contributed by atoms with van der Waals surface area (Å²) >= 11 is 3.83. The maximum absolute atomic E-state index is 3.83. The molecule has 0 aliphatic carbocycles. The Bertz CT molecular complexity index is 1710. The highest BCUT2D eigenvalue weighted by Crippen LogP contribution is 2.47. The van der Waals surface area contributed by atoms with Gasteiger partial charge in [-0.25, -0.2) is 0 Å². The van der Waals surface area contributed by atoms with Crippen LogP contribution in [0.1, 0.15) is 185 Å². The molecule has 4 aromatic rings. The predicted molar refractivity (Wildman–Crippen MR) is 255 cm³/mol. The van der Waals surface area contributed by atoms with Gasteiger partial charge >= 0.3 is 0 Å². The molecule has 0 radical (unpaired) electrons. The fraction of sp³-hybridized carbons (Fsp3) is 0.547. The average Bonchev–Trinajstić information content (AvgIpc) is 3.24. The Balaban J connectivity index is 0.000000234. The second-order valence-corrected chi connectivity index (χ2v) is 18.8. The zero-order chi connectivity index (χ0) is 39.8. The van der Waals surface area contributed by atoms with Crippen LogP contribution >= 0.6 is 23.5 Å². The Morgan fingerprint density at radius 3 is 1.26 bits per heavy atom. The Kier molecular flexibility index (Phi) is 21.5. The van der Waals surface area contributed by atoms with Gasteiger partial charge in [0.1, 0.15) is 0 Å². The fourth-order valence-corrected chi connectivity index (χ4v) is 10.5. The largest absolute Gasteiger partial charge is 0.353 e. The topological polar surface area (TPSA) is 24.1 Å². The highest BCUT2D eigenvalue weighted by atomic mass is 32.2. The monoisotopic (exact) mass is 805 g/mol. The van der Waals surface area contributed by atoms with E-state index in [0.29, 0.717) is 0 Å². The molecule has 0 spiro atoms. The highest BCUT2D eigenvalue weighted by Gasteiger charge is 2.21. The number of hydrogen-bond donors (Lipinski definition) is 2. The van der Waals surface area contributed by atoms with Crippen LogP contribution < -0.4 is 10.6 Å². The summed E-state index contributed by atoms with van der Waals surface area (Å²) in [5.74, 6) is 0. The van der Waals surface area contributed by atoms with Gasteiger partial charge in [-0.3, -0.25) is 0 Å². The number of rotatable bonds is 26. The number of aryl methyl sites for hydroxylation is 2. The highest BCUT2D eigenvalue weighted by molar-refractivity contribution is 8.00. The lowest BCUT2D eigenvalue weighted by Crippen LogP contribution is -2.07. The van der Waals surface area contributed by atoms with Gasteiger partial charge in [-0.2, -0.15) is 0 Å². The van der Waals surface area contributed by atoms with Crippen LogP contribution in [-0.4, -0.2) is 0 Å². The number of hydrogen-bond acceptors (Lipinski definition) is 4. The molecule has 0 fully saturated rings. The summed E-state index contributed by atoms with van der Waals surface area (Å²) in [4.78, 5) is 5.45. The molecule has 0 saturated heterocycles. The van der Waals surface area contributed by atoms with Crippen LogP contribution in [-0.2, 0) is 19.3 Å². The van der Waals surface area contributed by atoms with E-state index in [2.05, 4.69) is 110 Å². The number of para-hydroxylation sites is 3. The Labute approximate surface area is 358 Å². The second kappa shape index (κ2) is 27.0. The normalized spacial score (nSPS) is 12.3. The SMILES string of the molecule is CCCCCCCCCCc1ccc2c(c1CCCCCCCCCC)Nc1ccccc1S2.CCCCCCCCCc1cccc2c1Nc1ccccc1S2. The maximum atomic E-state index is 3.83. The van der Waals surface area contributed by atoms with Crippen LogP contribution in [0.25, 0.3) is 0 Å². The molecule has 2 heterocycles. The van der Waals surface area contributed by atoms with Crippen molar-refractivity contribution in [3.05, 3.63) is 95.6 Å². The molecule has 2 nitrogen and oxygen atoms in total. The number of anilines is 4. The molecule has 6 rings (SSSR count). The molecule has 0 amide bonds. The predicted octanol–water partition coefficient (Wildman–Crippen LogP) is 18.4. The van der Waals surface area contributed by atoms with E-state index >= 15 is 0 Å². The van der Waals surface area contributed by atoms with Gasteiger partial charge in [0.15, 0.2) is 0 Å². The first-order chi connectivity index (χ1) is 28.2. The van der Waals surface area contributed by atoms with Crippen molar-refractivity contribution in [3.63, 3.8) is 0 Å². The van der Waals surface area contributed by atoms with Gasteiger partial charge in [-0.15, -0.1) is 0 Å². The standard InChI is InChI=1S/C32H49NS.C21H27NS/c1-3-5-7-9-11-13-15-17-21-27-25-26-31-32(33-29-23-19-20-24-30(29)34-31)28(27)22-18-16-14-12-10-8-6-4-2;1-2-3-4-5-6-7-8-12-17-13-11-16-20-21(17)22-18-14-9-10-15-19(18)23-20/h19-20,23-26,33H,3-18,21-22H2,1-2H3;9-11,13-16,22H,2-8,12H2,1H3. The van der Waals surface area contributed by atoms with Crippen molar-refractivity contribution in [2.75, 3.05) is 10.6 Å². The van der Waals surface area contributed by atoms with Crippen molar-refractivity contribution in [2.24, 2.45) is 0 Å². The first-order valence-corrected chi connectivity index (χ1v) is 25.2.